The van der Waals surface area contributed by atoms with Crippen LogP contribution in [-0.4, -0.2) is 5.91 Å². The summed E-state index contributed by atoms with van der Waals surface area (Å²) in [6, 6.07) is 19.9. The molecule has 0 aliphatic rings. The van der Waals surface area contributed by atoms with Crippen molar-refractivity contribution in [1.82, 2.24) is 5.32 Å². The molecule has 1 amide bonds. The Bertz CT molecular complexity index is 774. The predicted octanol–water partition coefficient (Wildman–Crippen LogP) is 4.88. The van der Waals surface area contributed by atoms with Gasteiger partial charge in [-0.2, -0.15) is 0 Å². The van der Waals surface area contributed by atoms with Crippen molar-refractivity contribution < 1.29 is 4.79 Å². The summed E-state index contributed by atoms with van der Waals surface area (Å²) in [4.78, 5) is 13.7. The Labute approximate surface area is 140 Å². The molecule has 0 saturated heterocycles. The van der Waals surface area contributed by atoms with Gasteiger partial charge in [-0.05, 0) is 43.0 Å². The molecule has 116 valence electrons. The summed E-state index contributed by atoms with van der Waals surface area (Å²) in [6.07, 6.45) is 0. The molecule has 3 heteroatoms. The lowest BCUT2D eigenvalue weighted by atomic mass is 10.0. The number of carbonyl (C=O) groups excluding carboxylic acids is 1. The van der Waals surface area contributed by atoms with E-state index in [-0.39, 0.29) is 11.9 Å². The standard InChI is InChI=1S/C20H19NOS/c1-14-5-9-16(10-6-14)19(18-4-3-13-23-18)21-20(22)17-11-7-15(2)8-12-17/h3-13,19H,1-2H3,(H,21,22)/t19-/m1/s1. The van der Waals surface area contributed by atoms with Crippen LogP contribution in [0.3, 0.4) is 0 Å². The first-order valence-corrected chi connectivity index (χ1v) is 8.49. The fraction of sp³-hybridized carbons (Fsp3) is 0.150. The monoisotopic (exact) mass is 321 g/mol. The van der Waals surface area contributed by atoms with Crippen LogP contribution in [0, 0.1) is 13.8 Å². The van der Waals surface area contributed by atoms with Gasteiger partial charge in [0.1, 0.15) is 0 Å². The van der Waals surface area contributed by atoms with Crippen molar-refractivity contribution in [3.05, 3.63) is 93.2 Å². The van der Waals surface area contributed by atoms with Gasteiger partial charge in [-0.3, -0.25) is 4.79 Å². The van der Waals surface area contributed by atoms with Gasteiger partial charge in [0.2, 0.25) is 0 Å². The molecule has 0 spiro atoms. The molecule has 0 fully saturated rings. The van der Waals surface area contributed by atoms with Gasteiger partial charge in [0.15, 0.2) is 0 Å². The second kappa shape index (κ2) is 6.80. The molecule has 1 N–H and O–H groups in total. The predicted molar refractivity (Wildman–Crippen MR) is 96.0 cm³/mol. The summed E-state index contributed by atoms with van der Waals surface area (Å²) >= 11 is 1.65. The number of amides is 1. The molecule has 1 aromatic heterocycles. The fourth-order valence-corrected chi connectivity index (χ4v) is 3.26. The van der Waals surface area contributed by atoms with E-state index >= 15 is 0 Å². The molecule has 23 heavy (non-hydrogen) atoms. The van der Waals surface area contributed by atoms with Crippen LogP contribution in [0.15, 0.2) is 66.0 Å². The summed E-state index contributed by atoms with van der Waals surface area (Å²) in [5.74, 6) is -0.0519. The zero-order valence-electron chi connectivity index (χ0n) is 13.2. The van der Waals surface area contributed by atoms with E-state index in [1.54, 1.807) is 11.3 Å². The van der Waals surface area contributed by atoms with Crippen molar-refractivity contribution >= 4 is 17.2 Å². The van der Waals surface area contributed by atoms with Gasteiger partial charge in [-0.15, -0.1) is 11.3 Å². The number of benzene rings is 2. The molecular formula is C20H19NOS. The van der Waals surface area contributed by atoms with Crippen molar-refractivity contribution in [3.8, 4) is 0 Å². The molecule has 0 radical (unpaired) electrons. The van der Waals surface area contributed by atoms with Crippen molar-refractivity contribution in [2.24, 2.45) is 0 Å². The van der Waals surface area contributed by atoms with Crippen LogP contribution >= 0.6 is 11.3 Å². The Balaban J connectivity index is 1.88. The van der Waals surface area contributed by atoms with E-state index in [9.17, 15) is 4.79 Å². The molecule has 3 rings (SSSR count). The van der Waals surface area contributed by atoms with Gasteiger partial charge in [0, 0.05) is 10.4 Å². The van der Waals surface area contributed by atoms with Crippen LogP contribution in [0.25, 0.3) is 0 Å². The molecule has 0 unspecified atom stereocenters. The lowest BCUT2D eigenvalue weighted by Gasteiger charge is -2.18. The molecule has 2 nitrogen and oxygen atoms in total. The highest BCUT2D eigenvalue weighted by molar-refractivity contribution is 7.10. The van der Waals surface area contributed by atoms with E-state index in [0.717, 1.165) is 16.0 Å². The highest BCUT2D eigenvalue weighted by atomic mass is 32.1. The lowest BCUT2D eigenvalue weighted by molar-refractivity contribution is 0.0943. The fourth-order valence-electron chi connectivity index (χ4n) is 2.45. The number of thiophene rings is 1. The van der Waals surface area contributed by atoms with E-state index in [0.29, 0.717) is 5.56 Å². The minimum absolute atomic E-state index is 0.0519. The van der Waals surface area contributed by atoms with Gasteiger partial charge >= 0.3 is 0 Å². The topological polar surface area (TPSA) is 29.1 Å². The third-order valence-corrected chi connectivity index (χ3v) is 4.76. The van der Waals surface area contributed by atoms with Crippen LogP contribution in [0.2, 0.25) is 0 Å². The normalized spacial score (nSPS) is 11.9. The number of hydrogen-bond donors (Lipinski definition) is 1. The Morgan fingerprint density at radius 2 is 1.52 bits per heavy atom. The third-order valence-electron chi connectivity index (χ3n) is 3.83. The van der Waals surface area contributed by atoms with Gasteiger partial charge in [0.05, 0.1) is 6.04 Å². The van der Waals surface area contributed by atoms with E-state index < -0.39 is 0 Å². The van der Waals surface area contributed by atoms with E-state index in [4.69, 9.17) is 0 Å². The highest BCUT2D eigenvalue weighted by Crippen LogP contribution is 2.26. The van der Waals surface area contributed by atoms with Gasteiger partial charge in [0.25, 0.3) is 5.91 Å². The zero-order chi connectivity index (χ0) is 16.2. The summed E-state index contributed by atoms with van der Waals surface area (Å²) in [5, 5.41) is 5.20. The first-order chi connectivity index (χ1) is 11.1. The van der Waals surface area contributed by atoms with Crippen molar-refractivity contribution in [3.63, 3.8) is 0 Å². The maximum Gasteiger partial charge on any atom is 0.252 e. The molecule has 1 atom stereocenters. The van der Waals surface area contributed by atoms with Crippen molar-refractivity contribution in [1.29, 1.82) is 0 Å². The molecule has 0 bridgehead atoms. The van der Waals surface area contributed by atoms with Gasteiger partial charge in [-0.1, -0.05) is 53.6 Å². The SMILES string of the molecule is Cc1ccc(C(=O)N[C@H](c2ccc(C)cc2)c2cccs2)cc1. The average Bonchev–Trinajstić information content (AvgIpc) is 3.08. The number of nitrogens with one attached hydrogen (secondary N) is 1. The molecule has 0 aliphatic carbocycles. The number of rotatable bonds is 4. The second-order valence-electron chi connectivity index (χ2n) is 5.70. The molecule has 3 aromatic rings. The first-order valence-electron chi connectivity index (χ1n) is 7.61. The average molecular weight is 321 g/mol. The van der Waals surface area contributed by atoms with E-state index in [1.165, 1.54) is 5.56 Å². The highest BCUT2D eigenvalue weighted by Gasteiger charge is 2.18. The number of hydrogen-bond acceptors (Lipinski definition) is 2. The Morgan fingerprint density at radius 1 is 0.913 bits per heavy atom. The third kappa shape index (κ3) is 3.69. The zero-order valence-corrected chi connectivity index (χ0v) is 14.1. The number of aryl methyl sites for hydroxylation is 2. The first kappa shape index (κ1) is 15.5. The molecule has 2 aromatic carbocycles. The van der Waals surface area contributed by atoms with Crippen LogP contribution < -0.4 is 5.32 Å². The van der Waals surface area contributed by atoms with Crippen molar-refractivity contribution in [2.45, 2.75) is 19.9 Å². The Hall–Kier alpha value is -2.39. The summed E-state index contributed by atoms with van der Waals surface area (Å²) in [7, 11) is 0. The largest absolute Gasteiger partial charge is 0.340 e. The Morgan fingerprint density at radius 3 is 2.09 bits per heavy atom. The van der Waals surface area contributed by atoms with Gasteiger partial charge in [-0.25, -0.2) is 0 Å². The second-order valence-corrected chi connectivity index (χ2v) is 6.68. The van der Waals surface area contributed by atoms with E-state index in [1.807, 2.05) is 42.6 Å². The number of carbonyl (C=O) groups is 1. The smallest absolute Gasteiger partial charge is 0.252 e. The van der Waals surface area contributed by atoms with E-state index in [2.05, 4.69) is 42.6 Å². The lowest BCUT2D eigenvalue weighted by Crippen LogP contribution is -2.28. The molecule has 1 heterocycles. The maximum absolute atomic E-state index is 12.6. The molecule has 0 saturated carbocycles. The summed E-state index contributed by atoms with van der Waals surface area (Å²) < 4.78 is 0. The van der Waals surface area contributed by atoms with Crippen LogP contribution in [-0.2, 0) is 0 Å². The van der Waals surface area contributed by atoms with Gasteiger partial charge < -0.3 is 5.32 Å². The molecule has 0 aliphatic heterocycles. The summed E-state index contributed by atoms with van der Waals surface area (Å²) in [6.45, 7) is 4.08. The summed E-state index contributed by atoms with van der Waals surface area (Å²) in [5.41, 5.74) is 4.14. The van der Waals surface area contributed by atoms with Crippen LogP contribution in [0.1, 0.15) is 38.0 Å². The maximum atomic E-state index is 12.6. The van der Waals surface area contributed by atoms with Crippen LogP contribution in [0.5, 0.6) is 0 Å². The Kier molecular flexibility index (Phi) is 4.58. The minimum atomic E-state index is -0.121. The minimum Gasteiger partial charge on any atom is -0.340 e. The van der Waals surface area contributed by atoms with Crippen molar-refractivity contribution in [2.75, 3.05) is 0 Å². The molecular weight excluding hydrogens is 302 g/mol. The quantitative estimate of drug-likeness (QED) is 0.728. The van der Waals surface area contributed by atoms with Crippen LogP contribution in [0.4, 0.5) is 0 Å².